The average molecular weight is 1640 g/mol. The SMILES string of the molecule is SSSSSSSSSSSSSSSSSSSSSSSSSSSSSSSSSSSSSSSSSSSSSSSSSSS. The van der Waals surface area contributed by atoms with Crippen molar-refractivity contribution in [3.05, 3.63) is 0 Å². The van der Waals surface area contributed by atoms with Gasteiger partial charge in [0.1, 0.15) is 0 Å². The van der Waals surface area contributed by atoms with E-state index in [9.17, 15) is 0 Å². The van der Waals surface area contributed by atoms with Crippen LogP contribution >= 0.6 is 505 Å². The highest BCUT2D eigenvalue weighted by Gasteiger charge is 2.04. The maximum absolute atomic E-state index is 4.09. The summed E-state index contributed by atoms with van der Waals surface area (Å²) in [5, 5.41) is 0. The van der Waals surface area contributed by atoms with E-state index in [1.54, 1.807) is 98.3 Å². The van der Waals surface area contributed by atoms with Gasteiger partial charge >= 0.3 is 0 Å². The monoisotopic (exact) mass is 1630 g/mol. The van der Waals surface area contributed by atoms with Crippen LogP contribution in [0.1, 0.15) is 0 Å². The molecule has 0 aromatic heterocycles. The molecule has 0 bridgehead atoms. The molecule has 0 unspecified atom stereocenters. The first kappa shape index (κ1) is 68.8. The molecule has 51 heteroatoms. The van der Waals surface area contributed by atoms with E-state index in [-0.39, 0.29) is 0 Å². The summed E-state index contributed by atoms with van der Waals surface area (Å²) in [6.07, 6.45) is 0. The van der Waals surface area contributed by atoms with Crippen molar-refractivity contribution in [3.63, 3.8) is 0 Å². The smallest absolute Gasteiger partial charge is 0 e. The standard InChI is InChI=1S/H2S51/c1-3-5-7-9-11-13-15-17-19-21-23-25-27-29-31-33-35-37-39-41-43-45-47-49-51-50-48-46-44-42-40-38-36-34-32-30-28-26-24-22-20-18-16-14-12-10-8-6-4-2/h1-2H. The van der Waals surface area contributed by atoms with Crippen LogP contribution in [0.25, 0.3) is 0 Å². The molecule has 0 saturated carbocycles. The zero-order chi connectivity index (χ0) is 36.6. The molecule has 51 heavy (non-hydrogen) atoms. The van der Waals surface area contributed by atoms with E-state index < -0.39 is 0 Å². The number of hydrogen-bond donors (Lipinski definition) is 2. The second-order valence-corrected chi connectivity index (χ2v) is 90.4. The fourth-order valence-electron chi connectivity index (χ4n) is 0.535. The fourth-order valence-corrected chi connectivity index (χ4v) is 130. The van der Waals surface area contributed by atoms with Gasteiger partial charge in [-0.15, -0.1) is 0 Å². The van der Waals surface area contributed by atoms with Crippen molar-refractivity contribution in [2.75, 3.05) is 0 Å². The van der Waals surface area contributed by atoms with Crippen LogP contribution in [0.4, 0.5) is 0 Å². The fraction of sp³-hybridized carbons (Fsp3) is 0. The lowest BCUT2D eigenvalue weighted by atomic mass is 30.1. The average Bonchev–Trinajstić information content (AvgIpc) is 3.14. The zero-order valence-corrected chi connectivity index (χ0v) is 62.7. The molecule has 308 valence electrons. The van der Waals surface area contributed by atoms with Crippen LogP contribution in [0.5, 0.6) is 0 Å². The van der Waals surface area contributed by atoms with E-state index >= 15 is 0 Å². The van der Waals surface area contributed by atoms with Crippen LogP contribution in [0.15, 0.2) is 0 Å². The second-order valence-electron chi connectivity index (χ2n) is 3.35. The number of thiol groups is 2. The van der Waals surface area contributed by atoms with Crippen LogP contribution in [-0.4, -0.2) is 0 Å². The minimum absolute atomic E-state index is 1.49. The molecule has 0 aromatic carbocycles. The van der Waals surface area contributed by atoms with Crippen LogP contribution in [-0.2, 0) is 0 Å². The molecule has 0 amide bonds. The largest absolute Gasteiger partial charge is 0.0988 e. The lowest BCUT2D eigenvalue weighted by Crippen LogP contribution is -1.35. The first-order valence-electron chi connectivity index (χ1n) is 8.37. The van der Waals surface area contributed by atoms with Crippen molar-refractivity contribution >= 4 is 505 Å². The van der Waals surface area contributed by atoms with Gasteiger partial charge in [-0.1, -0.05) is 23.3 Å². The van der Waals surface area contributed by atoms with Crippen molar-refractivity contribution in [2.24, 2.45) is 0 Å². The van der Waals surface area contributed by atoms with Gasteiger partial charge in [-0.2, -0.15) is 0 Å². The molecule has 0 spiro atoms. The van der Waals surface area contributed by atoms with Crippen LogP contribution in [0, 0.1) is 0 Å². The first-order chi connectivity index (χ1) is 25.4. The van der Waals surface area contributed by atoms with Gasteiger partial charge in [0, 0.05) is 324 Å². The minimum atomic E-state index is 1.49. The Bertz CT molecular complexity index is 502. The maximum atomic E-state index is 4.09. The lowest BCUT2D eigenvalue weighted by Gasteiger charge is -2.00. The predicted octanol–water partition coefficient (Wildman–Crippen LogP) is 32.5. The molecule has 0 aliphatic carbocycles. The molecule has 0 aliphatic heterocycles. The predicted molar refractivity (Wildman–Crippen MR) is 390 cm³/mol. The Balaban J connectivity index is 3.04. The highest BCUT2D eigenvalue weighted by molar-refractivity contribution is 9.63. The summed E-state index contributed by atoms with van der Waals surface area (Å²) in [7, 11) is 88.1. The Hall–Kier alpha value is 17.8. The molecular formula is H2S51. The second kappa shape index (κ2) is 67.8. The third kappa shape index (κ3) is 67.8. The van der Waals surface area contributed by atoms with Gasteiger partial charge in [-0.05, 0) is 157 Å². The van der Waals surface area contributed by atoms with Gasteiger partial charge in [0.25, 0.3) is 0 Å². The summed E-state index contributed by atoms with van der Waals surface area (Å²) in [5.74, 6) is 0. The summed E-state index contributed by atoms with van der Waals surface area (Å²) in [6, 6.07) is 0. The summed E-state index contributed by atoms with van der Waals surface area (Å²) >= 11 is 8.18. The summed E-state index contributed by atoms with van der Waals surface area (Å²) in [6.45, 7) is 0. The summed E-state index contributed by atoms with van der Waals surface area (Å²) in [4.78, 5) is 0. The molecule has 0 radical (unpaired) electrons. The van der Waals surface area contributed by atoms with E-state index in [1.807, 2.05) is 364 Å². The number of rotatable bonds is 48. The van der Waals surface area contributed by atoms with Crippen molar-refractivity contribution in [1.29, 1.82) is 0 Å². The first-order valence-corrected chi connectivity index (χ1v) is 75.3. The molecule has 0 saturated heterocycles. The molecule has 0 aromatic rings. The third-order valence-corrected chi connectivity index (χ3v) is 108. The van der Waals surface area contributed by atoms with Crippen molar-refractivity contribution < 1.29 is 0 Å². The highest BCUT2D eigenvalue weighted by Crippen LogP contribution is 2.69. The Kier molecular flexibility index (Phi) is 91.6. The number of hydrogen-bond acceptors (Lipinski definition) is 51. The van der Waals surface area contributed by atoms with Gasteiger partial charge in [-0.3, -0.25) is 0 Å². The molecule has 0 N–H and O–H groups in total. The normalized spacial score (nSPS) is 11.6. The third-order valence-electron chi connectivity index (χ3n) is 1.34. The summed E-state index contributed by atoms with van der Waals surface area (Å²) in [5.41, 5.74) is 0. The van der Waals surface area contributed by atoms with E-state index in [4.69, 9.17) is 0 Å². The highest BCUT2D eigenvalue weighted by atomic mass is 34.1. The van der Waals surface area contributed by atoms with E-state index in [1.165, 1.54) is 19.7 Å². The molecular weight excluding hydrogens is 1640 g/mol. The van der Waals surface area contributed by atoms with Crippen molar-refractivity contribution in [3.8, 4) is 0 Å². The van der Waals surface area contributed by atoms with Gasteiger partial charge in [0.2, 0.25) is 0 Å². The van der Waals surface area contributed by atoms with Crippen LogP contribution < -0.4 is 0 Å². The molecule has 0 rings (SSSR count). The minimum Gasteiger partial charge on any atom is -0.0988 e. The van der Waals surface area contributed by atoms with Crippen LogP contribution in [0.3, 0.4) is 0 Å². The summed E-state index contributed by atoms with van der Waals surface area (Å²) < 4.78 is 0. The zero-order valence-electron chi connectivity index (χ0n) is 20.9. The maximum Gasteiger partial charge on any atom is 0 e. The lowest BCUT2D eigenvalue weighted by molar-refractivity contribution is 5.60. The van der Waals surface area contributed by atoms with Gasteiger partial charge in [0.15, 0.2) is 0 Å². The topological polar surface area (TPSA) is 0 Å². The molecule has 0 nitrogen and oxygen atoms in total. The van der Waals surface area contributed by atoms with Crippen molar-refractivity contribution in [2.45, 2.75) is 0 Å². The molecule has 0 aliphatic rings. The molecule has 0 heterocycles. The Labute approximate surface area is 491 Å². The van der Waals surface area contributed by atoms with Gasteiger partial charge in [0.05, 0.1) is 0 Å². The van der Waals surface area contributed by atoms with E-state index in [2.05, 4.69) is 23.3 Å². The van der Waals surface area contributed by atoms with E-state index in [0.29, 0.717) is 0 Å². The Morgan fingerprint density at radius 2 is 0.157 bits per heavy atom. The Morgan fingerprint density at radius 1 is 0.0980 bits per heavy atom. The molecule has 0 atom stereocenters. The van der Waals surface area contributed by atoms with Gasteiger partial charge < -0.3 is 0 Å². The van der Waals surface area contributed by atoms with E-state index in [0.717, 1.165) is 0 Å². The van der Waals surface area contributed by atoms with Crippen LogP contribution in [0.2, 0.25) is 0 Å². The van der Waals surface area contributed by atoms with Crippen molar-refractivity contribution in [1.82, 2.24) is 0 Å². The van der Waals surface area contributed by atoms with Gasteiger partial charge in [-0.25, -0.2) is 0 Å². The quantitative estimate of drug-likeness (QED) is 0.0337. The Morgan fingerprint density at radius 3 is 0.216 bits per heavy atom. The molecule has 0 fully saturated rings.